The Balaban J connectivity index is 1.02. The van der Waals surface area contributed by atoms with Gasteiger partial charge in [0.25, 0.3) is 0 Å². The number of hydrogen-bond donors (Lipinski definition) is 4. The van der Waals surface area contributed by atoms with Crippen LogP contribution < -0.4 is 16.4 Å². The molecule has 9 heteroatoms. The number of benzene rings is 5. The molecule has 268 valence electrons. The molecule has 0 spiro atoms. The summed E-state index contributed by atoms with van der Waals surface area (Å²) < 4.78 is 13.1. The molecule has 5 N–H and O–H groups in total. The summed E-state index contributed by atoms with van der Waals surface area (Å²) in [4.78, 5) is 26.0. The molecule has 0 unspecified atom stereocenters. The van der Waals surface area contributed by atoms with E-state index in [4.69, 9.17) is 15.2 Å². The first-order valence-electron chi connectivity index (χ1n) is 17.7. The second-order valence-electron chi connectivity index (χ2n) is 12.9. The highest BCUT2D eigenvalue weighted by Gasteiger charge is 2.32. The standard InChI is InChI=1S/C43H45N3O5S/c44-38-13-4-5-14-39(38)46-42(49)16-7-6-15-41(48)45-27-31-9-8-10-35(25-31)32-21-23-34(24-22-32)43-50-36(29-52-37-11-2-1-3-12-37)26-40(51-43)33-19-17-30(28-47)18-20-33/h1-5,8-14,17-25,36,40,43,47H,6-7,15-16,26-29,44H2,(H,45,48)(H,46,49)/t36-,40+,43+/m1/s1. The van der Waals surface area contributed by atoms with E-state index in [0.717, 1.165) is 45.6 Å². The summed E-state index contributed by atoms with van der Waals surface area (Å²) in [6.07, 6.45) is 1.97. The topological polar surface area (TPSA) is 123 Å². The summed E-state index contributed by atoms with van der Waals surface area (Å²) in [6, 6.07) is 41.9. The second-order valence-corrected chi connectivity index (χ2v) is 14.0. The number of nitrogens with one attached hydrogen (secondary N) is 2. The van der Waals surface area contributed by atoms with Crippen LogP contribution in [-0.2, 0) is 32.2 Å². The molecule has 1 aliphatic rings. The third-order valence-electron chi connectivity index (χ3n) is 9.02. The zero-order chi connectivity index (χ0) is 36.1. The number of nitrogen functional groups attached to an aromatic ring is 1. The number of anilines is 2. The number of carbonyl (C=O) groups excluding carboxylic acids is 2. The molecule has 0 aliphatic carbocycles. The first kappa shape index (κ1) is 36.8. The molecule has 6 rings (SSSR count). The van der Waals surface area contributed by atoms with Crippen LogP contribution in [0.3, 0.4) is 0 Å². The average molecular weight is 716 g/mol. The SMILES string of the molecule is Nc1ccccc1NC(=O)CCCCC(=O)NCc1cccc(-c2ccc([C@H]3O[C@@H](CSc4ccccc4)C[C@@H](c4ccc(CO)cc4)O3)cc2)c1. The van der Waals surface area contributed by atoms with E-state index in [2.05, 4.69) is 59.2 Å². The molecule has 0 bridgehead atoms. The van der Waals surface area contributed by atoms with Crippen molar-refractivity contribution in [3.8, 4) is 11.1 Å². The Kier molecular flexibility index (Phi) is 13.1. The third kappa shape index (κ3) is 10.6. The maximum absolute atomic E-state index is 12.6. The van der Waals surface area contributed by atoms with Crippen LogP contribution in [0.25, 0.3) is 11.1 Å². The highest BCUT2D eigenvalue weighted by atomic mass is 32.2. The molecule has 1 heterocycles. The van der Waals surface area contributed by atoms with Gasteiger partial charge >= 0.3 is 0 Å². The van der Waals surface area contributed by atoms with Crippen LogP contribution in [0.5, 0.6) is 0 Å². The van der Waals surface area contributed by atoms with Crippen LogP contribution in [0.1, 0.15) is 66.8 Å². The molecular weight excluding hydrogens is 671 g/mol. The Morgan fingerprint density at radius 3 is 2.19 bits per heavy atom. The normalized spacial score (nSPS) is 17.0. The largest absolute Gasteiger partial charge is 0.397 e. The minimum absolute atomic E-state index is 0.00728. The van der Waals surface area contributed by atoms with E-state index in [1.807, 2.05) is 66.7 Å². The van der Waals surface area contributed by atoms with Gasteiger partial charge in [-0.2, -0.15) is 0 Å². The predicted octanol–water partition coefficient (Wildman–Crippen LogP) is 8.58. The predicted molar refractivity (Wildman–Crippen MR) is 207 cm³/mol. The maximum atomic E-state index is 12.6. The van der Waals surface area contributed by atoms with E-state index in [1.165, 1.54) is 4.90 Å². The number of ether oxygens (including phenoxy) is 2. The van der Waals surface area contributed by atoms with Crippen molar-refractivity contribution in [3.05, 3.63) is 150 Å². The minimum atomic E-state index is -0.523. The van der Waals surface area contributed by atoms with Crippen molar-refractivity contribution in [1.82, 2.24) is 5.32 Å². The zero-order valence-corrected chi connectivity index (χ0v) is 29.9. The Bertz CT molecular complexity index is 1900. The molecule has 1 fully saturated rings. The number of hydrogen-bond acceptors (Lipinski definition) is 7. The van der Waals surface area contributed by atoms with Crippen molar-refractivity contribution < 1.29 is 24.2 Å². The van der Waals surface area contributed by atoms with Crippen molar-refractivity contribution in [2.45, 2.75) is 68.6 Å². The molecule has 0 radical (unpaired) electrons. The molecular formula is C43H45N3O5S. The quantitative estimate of drug-likeness (QED) is 0.0487. The van der Waals surface area contributed by atoms with E-state index in [0.29, 0.717) is 43.6 Å². The van der Waals surface area contributed by atoms with Crippen molar-refractivity contribution in [1.29, 1.82) is 0 Å². The first-order chi connectivity index (χ1) is 25.4. The van der Waals surface area contributed by atoms with Gasteiger partial charge in [0.1, 0.15) is 0 Å². The molecule has 8 nitrogen and oxygen atoms in total. The number of aliphatic hydroxyl groups excluding tert-OH is 1. The van der Waals surface area contributed by atoms with E-state index in [1.54, 1.807) is 23.9 Å². The monoisotopic (exact) mass is 715 g/mol. The average Bonchev–Trinajstić information content (AvgIpc) is 3.19. The van der Waals surface area contributed by atoms with Crippen LogP contribution in [0.2, 0.25) is 0 Å². The zero-order valence-electron chi connectivity index (χ0n) is 29.1. The van der Waals surface area contributed by atoms with Gasteiger partial charge < -0.3 is 30.9 Å². The Morgan fingerprint density at radius 1 is 0.731 bits per heavy atom. The molecule has 3 atom stereocenters. The van der Waals surface area contributed by atoms with E-state index in [-0.39, 0.29) is 30.6 Å². The number of rotatable bonds is 15. The number of nitrogens with two attached hydrogens (primary N) is 1. The lowest BCUT2D eigenvalue weighted by atomic mass is 9.99. The molecule has 1 saturated heterocycles. The smallest absolute Gasteiger partial charge is 0.224 e. The van der Waals surface area contributed by atoms with Crippen molar-refractivity contribution in [2.24, 2.45) is 0 Å². The molecule has 0 saturated carbocycles. The molecule has 1 aliphatic heterocycles. The second kappa shape index (κ2) is 18.5. The van der Waals surface area contributed by atoms with Crippen LogP contribution >= 0.6 is 11.8 Å². The molecule has 52 heavy (non-hydrogen) atoms. The highest BCUT2D eigenvalue weighted by Crippen LogP contribution is 2.40. The van der Waals surface area contributed by atoms with E-state index < -0.39 is 6.29 Å². The van der Waals surface area contributed by atoms with Crippen LogP contribution in [-0.4, -0.2) is 28.8 Å². The number of amides is 2. The fraction of sp³-hybridized carbons (Fsp3) is 0.256. The highest BCUT2D eigenvalue weighted by molar-refractivity contribution is 7.99. The van der Waals surface area contributed by atoms with E-state index in [9.17, 15) is 14.7 Å². The fourth-order valence-electron chi connectivity index (χ4n) is 6.11. The van der Waals surface area contributed by atoms with E-state index >= 15 is 0 Å². The van der Waals surface area contributed by atoms with Crippen molar-refractivity contribution >= 4 is 35.0 Å². The minimum Gasteiger partial charge on any atom is -0.397 e. The van der Waals surface area contributed by atoms with Gasteiger partial charge in [-0.25, -0.2) is 0 Å². The Labute approximate surface area is 309 Å². The van der Waals surface area contributed by atoms with Gasteiger partial charge in [-0.05, 0) is 71.0 Å². The van der Waals surface area contributed by atoms with Crippen molar-refractivity contribution in [3.63, 3.8) is 0 Å². The summed E-state index contributed by atoms with van der Waals surface area (Å²) in [6.45, 7) is 0.429. The van der Waals surface area contributed by atoms with Gasteiger partial charge in [-0.15, -0.1) is 11.8 Å². The van der Waals surface area contributed by atoms with Gasteiger partial charge in [0.05, 0.1) is 30.2 Å². The van der Waals surface area contributed by atoms with Crippen LogP contribution in [0, 0.1) is 0 Å². The van der Waals surface area contributed by atoms with Gasteiger partial charge in [-0.1, -0.05) is 97.1 Å². The number of para-hydroxylation sites is 2. The Hall–Kier alpha value is -4.93. The number of carbonyl (C=O) groups is 2. The Morgan fingerprint density at radius 2 is 1.44 bits per heavy atom. The van der Waals surface area contributed by atoms with Crippen molar-refractivity contribution in [2.75, 3.05) is 16.8 Å². The number of unbranched alkanes of at least 4 members (excludes halogenated alkanes) is 1. The third-order valence-corrected chi connectivity index (χ3v) is 10.2. The van der Waals surface area contributed by atoms with Gasteiger partial charge in [0.15, 0.2) is 6.29 Å². The van der Waals surface area contributed by atoms with Gasteiger partial charge in [-0.3, -0.25) is 9.59 Å². The molecule has 2 amide bonds. The lowest BCUT2D eigenvalue weighted by Crippen LogP contribution is -2.31. The summed E-state index contributed by atoms with van der Waals surface area (Å²) in [5.74, 6) is 0.648. The molecule has 0 aromatic heterocycles. The van der Waals surface area contributed by atoms with Gasteiger partial charge in [0, 0.05) is 42.0 Å². The summed E-state index contributed by atoms with van der Waals surface area (Å²) in [5.41, 5.74) is 13.0. The van der Waals surface area contributed by atoms with Crippen LogP contribution in [0.15, 0.2) is 132 Å². The van der Waals surface area contributed by atoms with Crippen LogP contribution in [0.4, 0.5) is 11.4 Å². The number of aliphatic hydroxyl groups is 1. The first-order valence-corrected chi connectivity index (χ1v) is 18.7. The lowest BCUT2D eigenvalue weighted by Gasteiger charge is -2.36. The lowest BCUT2D eigenvalue weighted by molar-refractivity contribution is -0.245. The fourth-order valence-corrected chi connectivity index (χ4v) is 7.05. The summed E-state index contributed by atoms with van der Waals surface area (Å²) in [5, 5.41) is 15.4. The van der Waals surface area contributed by atoms with Gasteiger partial charge in [0.2, 0.25) is 11.8 Å². The molecule has 5 aromatic rings. The maximum Gasteiger partial charge on any atom is 0.224 e. The number of thioether (sulfide) groups is 1. The summed E-state index contributed by atoms with van der Waals surface area (Å²) in [7, 11) is 0. The summed E-state index contributed by atoms with van der Waals surface area (Å²) >= 11 is 1.78. The molecule has 5 aromatic carbocycles.